The van der Waals surface area contributed by atoms with Gasteiger partial charge in [-0.05, 0) is 32.0 Å². The highest BCUT2D eigenvalue weighted by atomic mass is 35.5. The normalized spacial score (nSPS) is 10.3. The molecule has 0 heterocycles. The Kier molecular flexibility index (Phi) is 4.90. The van der Waals surface area contributed by atoms with E-state index in [0.29, 0.717) is 15.8 Å². The second-order valence-electron chi connectivity index (χ2n) is 3.62. The van der Waals surface area contributed by atoms with Crippen molar-refractivity contribution in [2.24, 2.45) is 0 Å². The van der Waals surface area contributed by atoms with E-state index >= 15 is 0 Å². The van der Waals surface area contributed by atoms with Crippen LogP contribution in [0.5, 0.6) is 5.75 Å². The quantitative estimate of drug-likeness (QED) is 0.906. The van der Waals surface area contributed by atoms with Gasteiger partial charge in [-0.1, -0.05) is 23.2 Å². The van der Waals surface area contributed by atoms with Crippen LogP contribution >= 0.6 is 23.2 Å². The molecule has 88 valence electrons. The lowest BCUT2D eigenvalue weighted by molar-refractivity contribution is -0.123. The lowest BCUT2D eigenvalue weighted by Crippen LogP contribution is -2.34. The minimum absolute atomic E-state index is 0.0468. The summed E-state index contributed by atoms with van der Waals surface area (Å²) in [5.41, 5.74) is 0. The van der Waals surface area contributed by atoms with Crippen LogP contribution in [0.1, 0.15) is 13.8 Å². The van der Waals surface area contributed by atoms with E-state index in [2.05, 4.69) is 5.32 Å². The van der Waals surface area contributed by atoms with Gasteiger partial charge in [-0.25, -0.2) is 0 Å². The highest BCUT2D eigenvalue weighted by Crippen LogP contribution is 2.23. The Morgan fingerprint density at radius 1 is 1.31 bits per heavy atom. The smallest absolute Gasteiger partial charge is 0.258 e. The molecule has 1 N–H and O–H groups in total. The third kappa shape index (κ3) is 4.73. The molecule has 0 atom stereocenters. The van der Waals surface area contributed by atoms with Crippen molar-refractivity contribution in [2.75, 3.05) is 6.61 Å². The van der Waals surface area contributed by atoms with Gasteiger partial charge in [0.05, 0.1) is 0 Å². The Morgan fingerprint density at radius 3 is 2.38 bits per heavy atom. The second kappa shape index (κ2) is 5.97. The monoisotopic (exact) mass is 261 g/mol. The van der Waals surface area contributed by atoms with Crippen molar-refractivity contribution in [1.82, 2.24) is 5.32 Å². The number of hydrogen-bond acceptors (Lipinski definition) is 2. The van der Waals surface area contributed by atoms with Crippen molar-refractivity contribution in [3.63, 3.8) is 0 Å². The van der Waals surface area contributed by atoms with E-state index < -0.39 is 0 Å². The summed E-state index contributed by atoms with van der Waals surface area (Å²) in [4.78, 5) is 11.3. The van der Waals surface area contributed by atoms with E-state index in [-0.39, 0.29) is 18.6 Å². The van der Waals surface area contributed by atoms with Crippen molar-refractivity contribution in [1.29, 1.82) is 0 Å². The predicted molar refractivity (Wildman–Crippen MR) is 65.2 cm³/mol. The molecule has 1 amide bonds. The van der Waals surface area contributed by atoms with E-state index in [1.54, 1.807) is 18.2 Å². The van der Waals surface area contributed by atoms with Crippen LogP contribution < -0.4 is 10.1 Å². The number of halogens is 2. The van der Waals surface area contributed by atoms with Gasteiger partial charge in [0.15, 0.2) is 6.61 Å². The van der Waals surface area contributed by atoms with Crippen molar-refractivity contribution in [3.8, 4) is 5.75 Å². The SMILES string of the molecule is CC(C)NC(=O)COc1cc(Cl)cc(Cl)c1. The number of rotatable bonds is 4. The molecule has 0 unspecified atom stereocenters. The van der Waals surface area contributed by atoms with Crippen LogP contribution in [0.15, 0.2) is 18.2 Å². The largest absolute Gasteiger partial charge is 0.484 e. The maximum absolute atomic E-state index is 11.3. The van der Waals surface area contributed by atoms with E-state index in [4.69, 9.17) is 27.9 Å². The van der Waals surface area contributed by atoms with Gasteiger partial charge >= 0.3 is 0 Å². The minimum atomic E-state index is -0.175. The van der Waals surface area contributed by atoms with Crippen molar-refractivity contribution >= 4 is 29.1 Å². The average molecular weight is 262 g/mol. The van der Waals surface area contributed by atoms with Crippen molar-refractivity contribution in [3.05, 3.63) is 28.2 Å². The Balaban J connectivity index is 2.51. The maximum Gasteiger partial charge on any atom is 0.258 e. The van der Waals surface area contributed by atoms with Crippen LogP contribution in [0.2, 0.25) is 10.0 Å². The second-order valence-corrected chi connectivity index (χ2v) is 4.49. The molecular weight excluding hydrogens is 249 g/mol. The first-order chi connectivity index (χ1) is 7.47. The number of ether oxygens (including phenoxy) is 1. The molecule has 1 rings (SSSR count). The highest BCUT2D eigenvalue weighted by molar-refractivity contribution is 6.34. The van der Waals surface area contributed by atoms with Gasteiger partial charge < -0.3 is 10.1 Å². The summed E-state index contributed by atoms with van der Waals surface area (Å²) < 4.78 is 5.25. The summed E-state index contributed by atoms with van der Waals surface area (Å²) in [5, 5.41) is 3.67. The fourth-order valence-corrected chi connectivity index (χ4v) is 1.63. The fourth-order valence-electron chi connectivity index (χ4n) is 1.12. The summed E-state index contributed by atoms with van der Waals surface area (Å²) in [7, 11) is 0. The van der Waals surface area contributed by atoms with Crippen LogP contribution in [-0.4, -0.2) is 18.6 Å². The van der Waals surface area contributed by atoms with E-state index in [0.717, 1.165) is 0 Å². The van der Waals surface area contributed by atoms with Crippen LogP contribution in [0, 0.1) is 0 Å². The van der Waals surface area contributed by atoms with Crippen molar-refractivity contribution < 1.29 is 9.53 Å². The third-order valence-corrected chi connectivity index (χ3v) is 2.09. The number of hydrogen-bond donors (Lipinski definition) is 1. The Labute approximate surface area is 105 Å². The zero-order chi connectivity index (χ0) is 12.1. The Morgan fingerprint density at radius 2 is 1.88 bits per heavy atom. The zero-order valence-corrected chi connectivity index (χ0v) is 10.6. The number of carbonyl (C=O) groups is 1. The van der Waals surface area contributed by atoms with Gasteiger partial charge in [0.25, 0.3) is 5.91 Å². The molecule has 0 aliphatic heterocycles. The van der Waals surface area contributed by atoms with Gasteiger partial charge in [0.2, 0.25) is 0 Å². The van der Waals surface area contributed by atoms with Gasteiger partial charge in [0, 0.05) is 16.1 Å². The number of amides is 1. The molecule has 0 fully saturated rings. The van der Waals surface area contributed by atoms with Crippen molar-refractivity contribution in [2.45, 2.75) is 19.9 Å². The topological polar surface area (TPSA) is 38.3 Å². The summed E-state index contributed by atoms with van der Waals surface area (Å²) in [6.07, 6.45) is 0. The molecular formula is C11H13Cl2NO2. The van der Waals surface area contributed by atoms with Crippen LogP contribution in [0.4, 0.5) is 0 Å². The van der Waals surface area contributed by atoms with E-state index in [1.165, 1.54) is 0 Å². The van der Waals surface area contributed by atoms with Gasteiger partial charge in [0.1, 0.15) is 5.75 Å². The molecule has 1 aromatic carbocycles. The summed E-state index contributed by atoms with van der Waals surface area (Å²) >= 11 is 11.6. The number of benzene rings is 1. The Bertz CT molecular complexity index is 360. The molecule has 3 nitrogen and oxygen atoms in total. The molecule has 0 aromatic heterocycles. The van der Waals surface area contributed by atoms with Gasteiger partial charge in [-0.2, -0.15) is 0 Å². The molecule has 16 heavy (non-hydrogen) atoms. The first-order valence-corrected chi connectivity index (χ1v) is 5.61. The predicted octanol–water partition coefficient (Wildman–Crippen LogP) is 2.90. The first kappa shape index (κ1) is 13.1. The van der Waals surface area contributed by atoms with E-state index in [9.17, 15) is 4.79 Å². The Hall–Kier alpha value is -0.930. The van der Waals surface area contributed by atoms with E-state index in [1.807, 2.05) is 13.8 Å². The summed E-state index contributed by atoms with van der Waals surface area (Å²) in [6, 6.07) is 4.91. The van der Waals surface area contributed by atoms with Crippen LogP contribution in [0.3, 0.4) is 0 Å². The van der Waals surface area contributed by atoms with Crippen LogP contribution in [-0.2, 0) is 4.79 Å². The molecule has 0 aliphatic rings. The number of carbonyl (C=O) groups excluding carboxylic acids is 1. The molecule has 0 saturated heterocycles. The fraction of sp³-hybridized carbons (Fsp3) is 0.364. The summed E-state index contributed by atoms with van der Waals surface area (Å²) in [6.45, 7) is 3.72. The molecule has 0 saturated carbocycles. The molecule has 5 heteroatoms. The maximum atomic E-state index is 11.3. The molecule has 0 aliphatic carbocycles. The molecule has 1 aromatic rings. The first-order valence-electron chi connectivity index (χ1n) is 4.85. The number of nitrogens with one attached hydrogen (secondary N) is 1. The highest BCUT2D eigenvalue weighted by Gasteiger charge is 2.05. The minimum Gasteiger partial charge on any atom is -0.484 e. The average Bonchev–Trinajstić information content (AvgIpc) is 2.12. The van der Waals surface area contributed by atoms with Crippen LogP contribution in [0.25, 0.3) is 0 Å². The lowest BCUT2D eigenvalue weighted by Gasteiger charge is -2.10. The molecule has 0 bridgehead atoms. The third-order valence-electron chi connectivity index (χ3n) is 1.66. The molecule has 0 spiro atoms. The molecule has 0 radical (unpaired) electrons. The lowest BCUT2D eigenvalue weighted by atomic mass is 10.3. The van der Waals surface area contributed by atoms with Gasteiger partial charge in [-0.15, -0.1) is 0 Å². The van der Waals surface area contributed by atoms with Gasteiger partial charge in [-0.3, -0.25) is 4.79 Å². The zero-order valence-electron chi connectivity index (χ0n) is 9.09. The summed E-state index contributed by atoms with van der Waals surface area (Å²) in [5.74, 6) is 0.308. The standard InChI is InChI=1S/C11H13Cl2NO2/c1-7(2)14-11(15)6-16-10-4-8(12)3-9(13)5-10/h3-5,7H,6H2,1-2H3,(H,14,15).